The maximum Gasteiger partial charge on any atom is 0.243 e. The summed E-state index contributed by atoms with van der Waals surface area (Å²) in [6, 6.07) is 5.49. The molecule has 0 aliphatic heterocycles. The Morgan fingerprint density at radius 1 is 1.35 bits per heavy atom. The van der Waals surface area contributed by atoms with Crippen LogP contribution in [0.2, 0.25) is 5.02 Å². The molecule has 0 aliphatic rings. The third kappa shape index (κ3) is 2.09. The zero-order valence-corrected chi connectivity index (χ0v) is 9.55. The van der Waals surface area contributed by atoms with Crippen molar-refractivity contribution in [2.45, 2.75) is 6.54 Å². The van der Waals surface area contributed by atoms with E-state index in [1.807, 2.05) is 12.1 Å². The third-order valence-electron chi connectivity index (χ3n) is 2.33. The lowest BCUT2D eigenvalue weighted by molar-refractivity contribution is 0.564. The SMILES string of the molecule is Clc1ccc2nc(NCc3ccoc3)nn2c1. The fourth-order valence-electron chi connectivity index (χ4n) is 1.51. The Morgan fingerprint density at radius 2 is 2.29 bits per heavy atom. The van der Waals surface area contributed by atoms with Gasteiger partial charge in [0.25, 0.3) is 0 Å². The molecule has 0 bridgehead atoms. The molecule has 3 heterocycles. The Hall–Kier alpha value is -2.01. The van der Waals surface area contributed by atoms with Crippen molar-refractivity contribution in [3.05, 3.63) is 47.5 Å². The molecule has 0 fully saturated rings. The minimum Gasteiger partial charge on any atom is -0.472 e. The molecule has 0 amide bonds. The van der Waals surface area contributed by atoms with E-state index < -0.39 is 0 Å². The normalized spacial score (nSPS) is 10.9. The summed E-state index contributed by atoms with van der Waals surface area (Å²) in [5, 5.41) is 7.99. The molecule has 5 nitrogen and oxygen atoms in total. The lowest BCUT2D eigenvalue weighted by atomic mass is 10.3. The minimum atomic E-state index is 0.563. The number of hydrogen-bond acceptors (Lipinski definition) is 4. The van der Waals surface area contributed by atoms with Gasteiger partial charge < -0.3 is 9.73 Å². The Kier molecular flexibility index (Phi) is 2.45. The molecule has 17 heavy (non-hydrogen) atoms. The van der Waals surface area contributed by atoms with Crippen molar-refractivity contribution in [2.24, 2.45) is 0 Å². The first-order chi connectivity index (χ1) is 8.31. The second-order valence-electron chi connectivity index (χ2n) is 3.57. The average molecular weight is 249 g/mol. The first-order valence-electron chi connectivity index (χ1n) is 5.08. The van der Waals surface area contributed by atoms with E-state index in [-0.39, 0.29) is 0 Å². The van der Waals surface area contributed by atoms with Crippen molar-refractivity contribution in [2.75, 3.05) is 5.32 Å². The molecule has 1 N–H and O–H groups in total. The molecule has 0 spiro atoms. The lowest BCUT2D eigenvalue weighted by Crippen LogP contribution is -1.99. The predicted molar refractivity (Wildman–Crippen MR) is 64.0 cm³/mol. The highest BCUT2D eigenvalue weighted by atomic mass is 35.5. The average Bonchev–Trinajstić information content (AvgIpc) is 2.94. The summed E-state index contributed by atoms with van der Waals surface area (Å²) in [5.74, 6) is 0.563. The van der Waals surface area contributed by atoms with Gasteiger partial charge in [-0.25, -0.2) is 4.52 Å². The van der Waals surface area contributed by atoms with Crippen LogP contribution in [0.5, 0.6) is 0 Å². The van der Waals surface area contributed by atoms with Crippen LogP contribution in [-0.2, 0) is 6.54 Å². The van der Waals surface area contributed by atoms with Crippen LogP contribution in [0.1, 0.15) is 5.56 Å². The molecule has 0 saturated carbocycles. The zero-order chi connectivity index (χ0) is 11.7. The Bertz CT molecular complexity index is 632. The van der Waals surface area contributed by atoms with Gasteiger partial charge in [0, 0.05) is 18.3 Å². The zero-order valence-electron chi connectivity index (χ0n) is 8.80. The van der Waals surface area contributed by atoms with Crippen LogP contribution in [0, 0.1) is 0 Å². The van der Waals surface area contributed by atoms with Crippen LogP contribution >= 0.6 is 11.6 Å². The standard InChI is InChI=1S/C11H9ClN4O/c12-9-1-2-10-14-11(15-16(10)6-9)13-5-8-3-4-17-7-8/h1-4,6-7H,5H2,(H,13,15). The highest BCUT2D eigenvalue weighted by molar-refractivity contribution is 6.30. The molecule has 0 radical (unpaired) electrons. The number of pyridine rings is 1. The summed E-state index contributed by atoms with van der Waals surface area (Å²) in [5.41, 5.74) is 1.80. The summed E-state index contributed by atoms with van der Waals surface area (Å²) in [6.07, 6.45) is 5.03. The first kappa shape index (κ1) is 10.2. The van der Waals surface area contributed by atoms with Crippen LogP contribution < -0.4 is 5.32 Å². The molecule has 3 aromatic heterocycles. The number of aromatic nitrogens is 3. The molecule has 0 unspecified atom stereocenters. The second-order valence-corrected chi connectivity index (χ2v) is 4.01. The van der Waals surface area contributed by atoms with Gasteiger partial charge in [0.05, 0.1) is 17.5 Å². The molecule has 3 aromatic rings. The van der Waals surface area contributed by atoms with Gasteiger partial charge in [0.15, 0.2) is 5.65 Å². The van der Waals surface area contributed by atoms with Gasteiger partial charge in [-0.3, -0.25) is 0 Å². The van der Waals surface area contributed by atoms with E-state index in [9.17, 15) is 0 Å². The van der Waals surface area contributed by atoms with Crippen molar-refractivity contribution in [1.29, 1.82) is 0 Å². The number of nitrogens with zero attached hydrogens (tertiary/aromatic N) is 3. The number of halogens is 1. The second kappa shape index (κ2) is 4.10. The number of furan rings is 1. The Balaban J connectivity index is 1.81. The fraction of sp³-hybridized carbons (Fsp3) is 0.0909. The van der Waals surface area contributed by atoms with E-state index in [2.05, 4.69) is 15.4 Å². The number of anilines is 1. The van der Waals surface area contributed by atoms with Gasteiger partial charge in [-0.15, -0.1) is 5.10 Å². The maximum absolute atomic E-state index is 5.86. The van der Waals surface area contributed by atoms with Crippen molar-refractivity contribution < 1.29 is 4.42 Å². The van der Waals surface area contributed by atoms with E-state index in [0.29, 0.717) is 17.5 Å². The molecular weight excluding hydrogens is 240 g/mol. The highest BCUT2D eigenvalue weighted by Gasteiger charge is 2.03. The Labute approximate surface area is 102 Å². The van der Waals surface area contributed by atoms with Crippen molar-refractivity contribution in [3.63, 3.8) is 0 Å². The molecule has 3 rings (SSSR count). The molecule has 86 valence electrons. The molecule has 0 aliphatic carbocycles. The van der Waals surface area contributed by atoms with Gasteiger partial charge in [0.2, 0.25) is 5.95 Å². The fourth-order valence-corrected chi connectivity index (χ4v) is 1.66. The molecular formula is C11H9ClN4O. The van der Waals surface area contributed by atoms with Crippen molar-refractivity contribution in [1.82, 2.24) is 14.6 Å². The van der Waals surface area contributed by atoms with Gasteiger partial charge >= 0.3 is 0 Å². The van der Waals surface area contributed by atoms with Gasteiger partial charge in [-0.2, -0.15) is 4.98 Å². The predicted octanol–water partition coefficient (Wildman–Crippen LogP) is 2.59. The minimum absolute atomic E-state index is 0.563. The molecule has 6 heteroatoms. The number of nitrogens with one attached hydrogen (secondary N) is 1. The largest absolute Gasteiger partial charge is 0.472 e. The van der Waals surface area contributed by atoms with Gasteiger partial charge in [0.1, 0.15) is 0 Å². The van der Waals surface area contributed by atoms with Crippen molar-refractivity contribution in [3.8, 4) is 0 Å². The topological polar surface area (TPSA) is 55.4 Å². The molecule has 0 atom stereocenters. The van der Waals surface area contributed by atoms with Gasteiger partial charge in [-0.1, -0.05) is 11.6 Å². The first-order valence-corrected chi connectivity index (χ1v) is 5.46. The van der Waals surface area contributed by atoms with E-state index in [1.54, 1.807) is 29.3 Å². The van der Waals surface area contributed by atoms with E-state index in [1.165, 1.54) is 0 Å². The Morgan fingerprint density at radius 3 is 3.12 bits per heavy atom. The monoisotopic (exact) mass is 248 g/mol. The maximum atomic E-state index is 5.86. The van der Waals surface area contributed by atoms with Crippen LogP contribution in [-0.4, -0.2) is 14.6 Å². The summed E-state index contributed by atoms with van der Waals surface area (Å²) in [6.45, 7) is 0.626. The third-order valence-corrected chi connectivity index (χ3v) is 2.55. The molecule has 0 saturated heterocycles. The van der Waals surface area contributed by atoms with Crippen molar-refractivity contribution >= 4 is 23.2 Å². The smallest absolute Gasteiger partial charge is 0.243 e. The number of rotatable bonds is 3. The van der Waals surface area contributed by atoms with E-state index >= 15 is 0 Å². The van der Waals surface area contributed by atoms with Gasteiger partial charge in [-0.05, 0) is 18.2 Å². The molecule has 0 aromatic carbocycles. The van der Waals surface area contributed by atoms with Crippen LogP contribution in [0.3, 0.4) is 0 Å². The lowest BCUT2D eigenvalue weighted by Gasteiger charge is -1.96. The number of fused-ring (bicyclic) bond motifs is 1. The summed E-state index contributed by atoms with van der Waals surface area (Å²) in [7, 11) is 0. The highest BCUT2D eigenvalue weighted by Crippen LogP contribution is 2.12. The number of hydrogen-bond donors (Lipinski definition) is 1. The summed E-state index contributed by atoms with van der Waals surface area (Å²) >= 11 is 5.86. The van der Waals surface area contributed by atoms with E-state index in [0.717, 1.165) is 11.2 Å². The summed E-state index contributed by atoms with van der Waals surface area (Å²) < 4.78 is 6.61. The summed E-state index contributed by atoms with van der Waals surface area (Å²) in [4.78, 5) is 4.30. The van der Waals surface area contributed by atoms with Crippen LogP contribution in [0.25, 0.3) is 5.65 Å². The van der Waals surface area contributed by atoms with E-state index in [4.69, 9.17) is 16.0 Å². The van der Waals surface area contributed by atoms with Crippen LogP contribution in [0.15, 0.2) is 41.3 Å². The quantitative estimate of drug-likeness (QED) is 0.774. The van der Waals surface area contributed by atoms with Crippen LogP contribution in [0.4, 0.5) is 5.95 Å².